The van der Waals surface area contributed by atoms with Gasteiger partial charge in [0.25, 0.3) is 0 Å². The van der Waals surface area contributed by atoms with Gasteiger partial charge in [0.05, 0.1) is 10.4 Å². The van der Waals surface area contributed by atoms with E-state index in [-0.39, 0.29) is 12.1 Å². The smallest absolute Gasteiger partial charge is 0.119 e. The van der Waals surface area contributed by atoms with Gasteiger partial charge in [-0.25, -0.2) is 0 Å². The maximum atomic E-state index is 5.95. The third kappa shape index (κ3) is 4.15. The lowest BCUT2D eigenvalue weighted by Gasteiger charge is -2.15. The average molecular weight is 296 g/mol. The highest BCUT2D eigenvalue weighted by Crippen LogP contribution is 2.27. The lowest BCUT2D eigenvalue weighted by molar-refractivity contribution is 0.242. The SMILES string of the molecule is CC(C)Oc1ccc(NC(C)c2csc(Cl)c2)cc1. The van der Waals surface area contributed by atoms with Crippen LogP contribution in [0.3, 0.4) is 0 Å². The van der Waals surface area contributed by atoms with Crippen LogP contribution in [0.5, 0.6) is 5.75 Å². The number of thiophene rings is 1. The lowest BCUT2D eigenvalue weighted by atomic mass is 10.1. The molecule has 0 fully saturated rings. The summed E-state index contributed by atoms with van der Waals surface area (Å²) in [6.45, 7) is 6.17. The molecule has 0 aliphatic carbocycles. The first-order valence-electron chi connectivity index (χ1n) is 6.32. The molecule has 2 aromatic rings. The highest BCUT2D eigenvalue weighted by molar-refractivity contribution is 7.14. The molecule has 1 heterocycles. The van der Waals surface area contributed by atoms with Crippen LogP contribution in [0.15, 0.2) is 35.7 Å². The van der Waals surface area contributed by atoms with Crippen molar-refractivity contribution in [3.8, 4) is 5.75 Å². The van der Waals surface area contributed by atoms with Crippen LogP contribution in [0.1, 0.15) is 32.4 Å². The van der Waals surface area contributed by atoms with Crippen molar-refractivity contribution in [1.29, 1.82) is 0 Å². The van der Waals surface area contributed by atoms with Crippen LogP contribution in [0.4, 0.5) is 5.69 Å². The molecule has 1 atom stereocenters. The van der Waals surface area contributed by atoms with E-state index in [1.54, 1.807) is 11.3 Å². The van der Waals surface area contributed by atoms with Gasteiger partial charge < -0.3 is 10.1 Å². The van der Waals surface area contributed by atoms with Gasteiger partial charge in [-0.15, -0.1) is 11.3 Å². The van der Waals surface area contributed by atoms with Crippen molar-refractivity contribution in [3.63, 3.8) is 0 Å². The molecule has 4 heteroatoms. The Morgan fingerprint density at radius 3 is 2.37 bits per heavy atom. The molecule has 0 saturated heterocycles. The molecule has 2 rings (SSSR count). The van der Waals surface area contributed by atoms with Gasteiger partial charge >= 0.3 is 0 Å². The molecule has 0 spiro atoms. The van der Waals surface area contributed by atoms with E-state index in [2.05, 4.69) is 17.6 Å². The quantitative estimate of drug-likeness (QED) is 0.801. The standard InChI is InChI=1S/C15H18ClNOS/c1-10(2)18-14-6-4-13(5-7-14)17-11(3)12-8-15(16)19-9-12/h4-11,17H,1-3H3. The molecule has 19 heavy (non-hydrogen) atoms. The van der Waals surface area contributed by atoms with Crippen LogP contribution in [-0.4, -0.2) is 6.10 Å². The Hall–Kier alpha value is -1.19. The van der Waals surface area contributed by atoms with E-state index in [4.69, 9.17) is 16.3 Å². The molecular formula is C15H18ClNOS. The molecule has 1 aromatic heterocycles. The molecule has 1 unspecified atom stereocenters. The van der Waals surface area contributed by atoms with Gasteiger partial charge in [-0.05, 0) is 62.0 Å². The van der Waals surface area contributed by atoms with Gasteiger partial charge in [0.2, 0.25) is 0 Å². The first-order valence-corrected chi connectivity index (χ1v) is 7.57. The van der Waals surface area contributed by atoms with Crippen molar-refractivity contribution in [2.45, 2.75) is 32.9 Å². The first-order chi connectivity index (χ1) is 9.04. The fourth-order valence-corrected chi connectivity index (χ4v) is 2.77. The molecule has 2 nitrogen and oxygen atoms in total. The molecule has 0 aliphatic rings. The van der Waals surface area contributed by atoms with Crippen LogP contribution in [0, 0.1) is 0 Å². The number of anilines is 1. The number of ether oxygens (including phenoxy) is 1. The van der Waals surface area contributed by atoms with Crippen LogP contribution in [0.25, 0.3) is 0 Å². The van der Waals surface area contributed by atoms with Gasteiger partial charge in [-0.3, -0.25) is 0 Å². The van der Waals surface area contributed by atoms with E-state index in [1.165, 1.54) is 5.56 Å². The summed E-state index contributed by atoms with van der Waals surface area (Å²) in [4.78, 5) is 0. The maximum absolute atomic E-state index is 5.95. The van der Waals surface area contributed by atoms with Gasteiger partial charge in [-0.1, -0.05) is 11.6 Å². The molecule has 0 aliphatic heterocycles. The summed E-state index contributed by atoms with van der Waals surface area (Å²) >= 11 is 7.51. The van der Waals surface area contributed by atoms with Crippen LogP contribution >= 0.6 is 22.9 Å². The van der Waals surface area contributed by atoms with E-state index in [9.17, 15) is 0 Å². The molecule has 1 N–H and O–H groups in total. The minimum absolute atomic E-state index is 0.200. The summed E-state index contributed by atoms with van der Waals surface area (Å²) in [6, 6.07) is 10.3. The summed E-state index contributed by atoms with van der Waals surface area (Å²) < 4.78 is 6.44. The number of rotatable bonds is 5. The normalized spacial score (nSPS) is 12.5. The summed E-state index contributed by atoms with van der Waals surface area (Å²) in [5, 5.41) is 5.52. The Morgan fingerprint density at radius 2 is 1.84 bits per heavy atom. The number of hydrogen-bond donors (Lipinski definition) is 1. The second kappa shape index (κ2) is 6.31. The maximum Gasteiger partial charge on any atom is 0.119 e. The van der Waals surface area contributed by atoms with Crippen molar-refractivity contribution in [3.05, 3.63) is 45.6 Å². The summed E-state index contributed by atoms with van der Waals surface area (Å²) in [6.07, 6.45) is 0.200. The third-order valence-corrected chi connectivity index (χ3v) is 3.81. The number of hydrogen-bond acceptors (Lipinski definition) is 3. The Balaban J connectivity index is 1.99. The fraction of sp³-hybridized carbons (Fsp3) is 0.333. The Labute approximate surface area is 123 Å². The van der Waals surface area contributed by atoms with Gasteiger partial charge in [0.15, 0.2) is 0 Å². The second-order valence-corrected chi connectivity index (χ2v) is 6.28. The molecular weight excluding hydrogens is 278 g/mol. The zero-order chi connectivity index (χ0) is 13.8. The van der Waals surface area contributed by atoms with Crippen molar-refractivity contribution in [2.24, 2.45) is 0 Å². The van der Waals surface area contributed by atoms with E-state index in [0.717, 1.165) is 15.8 Å². The third-order valence-electron chi connectivity index (χ3n) is 2.70. The van der Waals surface area contributed by atoms with E-state index >= 15 is 0 Å². The van der Waals surface area contributed by atoms with Crippen molar-refractivity contribution in [2.75, 3.05) is 5.32 Å². The fourth-order valence-electron chi connectivity index (χ4n) is 1.79. The topological polar surface area (TPSA) is 21.3 Å². The van der Waals surface area contributed by atoms with Crippen LogP contribution in [-0.2, 0) is 0 Å². The zero-order valence-corrected chi connectivity index (χ0v) is 12.9. The number of halogens is 1. The highest BCUT2D eigenvalue weighted by Gasteiger charge is 2.07. The Kier molecular flexibility index (Phi) is 4.72. The van der Waals surface area contributed by atoms with E-state index in [0.29, 0.717) is 0 Å². The van der Waals surface area contributed by atoms with Crippen LogP contribution in [0.2, 0.25) is 4.34 Å². The molecule has 0 radical (unpaired) electrons. The predicted octanol–water partition coefficient (Wildman–Crippen LogP) is 5.36. The summed E-state index contributed by atoms with van der Waals surface area (Å²) in [5.41, 5.74) is 2.28. The summed E-state index contributed by atoms with van der Waals surface area (Å²) in [5.74, 6) is 0.895. The number of nitrogens with one attached hydrogen (secondary N) is 1. The molecule has 0 saturated carbocycles. The molecule has 0 bridgehead atoms. The average Bonchev–Trinajstić information content (AvgIpc) is 2.78. The van der Waals surface area contributed by atoms with Crippen molar-refractivity contribution in [1.82, 2.24) is 0 Å². The van der Waals surface area contributed by atoms with Gasteiger partial charge in [0.1, 0.15) is 5.75 Å². The largest absolute Gasteiger partial charge is 0.491 e. The first kappa shape index (κ1) is 14.2. The second-order valence-electron chi connectivity index (χ2n) is 4.74. The Morgan fingerprint density at radius 1 is 1.16 bits per heavy atom. The molecule has 0 amide bonds. The van der Waals surface area contributed by atoms with Crippen molar-refractivity contribution >= 4 is 28.6 Å². The minimum Gasteiger partial charge on any atom is -0.491 e. The Bertz CT molecular complexity index is 521. The van der Waals surface area contributed by atoms with Crippen molar-refractivity contribution < 1.29 is 4.74 Å². The van der Waals surface area contributed by atoms with E-state index < -0.39 is 0 Å². The van der Waals surface area contributed by atoms with Gasteiger partial charge in [-0.2, -0.15) is 0 Å². The summed E-state index contributed by atoms with van der Waals surface area (Å²) in [7, 11) is 0. The monoisotopic (exact) mass is 295 g/mol. The van der Waals surface area contributed by atoms with Crippen LogP contribution < -0.4 is 10.1 Å². The number of benzene rings is 1. The predicted molar refractivity (Wildman–Crippen MR) is 83.6 cm³/mol. The van der Waals surface area contributed by atoms with Gasteiger partial charge in [0, 0.05) is 11.7 Å². The molecule has 102 valence electrons. The molecule has 1 aromatic carbocycles. The minimum atomic E-state index is 0.200. The highest BCUT2D eigenvalue weighted by atomic mass is 35.5. The van der Waals surface area contributed by atoms with E-state index in [1.807, 2.05) is 44.2 Å². The zero-order valence-electron chi connectivity index (χ0n) is 11.3. The lowest BCUT2D eigenvalue weighted by Crippen LogP contribution is -2.07.